The molecule has 3 aliphatic carbocycles. The highest BCUT2D eigenvalue weighted by molar-refractivity contribution is 6.03. The first kappa shape index (κ1) is 21.6. The molecule has 4 aromatic rings. The Kier molecular flexibility index (Phi) is 4.99. The molecule has 3 atom stereocenters. The van der Waals surface area contributed by atoms with E-state index >= 15 is 0 Å². The molecule has 4 nitrogen and oxygen atoms in total. The predicted octanol–water partition coefficient (Wildman–Crippen LogP) is 5.94. The molecule has 0 saturated heterocycles. The first-order chi connectivity index (χ1) is 17.1. The van der Waals surface area contributed by atoms with E-state index in [1.54, 1.807) is 0 Å². The standard InChI is InChI=1S/C31H26O4/c1-34-29(32)31(30(33)35-2)18-26(19-10-4-3-5-11-19)27-22-14-8-9-15-23(22)28(31)25-17-21-13-7-6-12-20(21)16-24(25)27/h3-17,26-28H,18H2,1-2H3. The molecular formula is C31H26O4. The summed E-state index contributed by atoms with van der Waals surface area (Å²) in [6.45, 7) is 0. The highest BCUT2D eigenvalue weighted by atomic mass is 16.5. The number of carbonyl (C=O) groups is 2. The maximum atomic E-state index is 13.8. The third kappa shape index (κ3) is 2.99. The number of fused-ring (bicyclic) bond motifs is 3. The van der Waals surface area contributed by atoms with Gasteiger partial charge in [0.15, 0.2) is 5.41 Å². The summed E-state index contributed by atoms with van der Waals surface area (Å²) < 4.78 is 10.8. The molecule has 2 bridgehead atoms. The Bertz CT molecular complexity index is 1440. The highest BCUT2D eigenvalue weighted by Crippen LogP contribution is 2.63. The van der Waals surface area contributed by atoms with Crippen LogP contribution < -0.4 is 0 Å². The van der Waals surface area contributed by atoms with E-state index in [1.165, 1.54) is 14.2 Å². The zero-order valence-electron chi connectivity index (χ0n) is 19.7. The summed E-state index contributed by atoms with van der Waals surface area (Å²) in [5, 5.41) is 2.22. The van der Waals surface area contributed by atoms with Gasteiger partial charge in [0.2, 0.25) is 0 Å². The summed E-state index contributed by atoms with van der Waals surface area (Å²) in [5.74, 6) is -1.75. The largest absolute Gasteiger partial charge is 0.468 e. The lowest BCUT2D eigenvalue weighted by Gasteiger charge is -2.38. The minimum atomic E-state index is -1.51. The topological polar surface area (TPSA) is 52.6 Å². The van der Waals surface area contributed by atoms with Gasteiger partial charge in [0.1, 0.15) is 0 Å². The van der Waals surface area contributed by atoms with Gasteiger partial charge in [0.05, 0.1) is 14.2 Å². The zero-order chi connectivity index (χ0) is 24.2. The smallest absolute Gasteiger partial charge is 0.324 e. The fraction of sp³-hybridized carbons (Fsp3) is 0.226. The Balaban J connectivity index is 1.78. The summed E-state index contributed by atoms with van der Waals surface area (Å²) in [6.07, 6.45) is 0.297. The number of methoxy groups -OCH3 is 2. The second-order valence-electron chi connectivity index (χ2n) is 9.54. The molecule has 3 aliphatic rings. The third-order valence-corrected chi connectivity index (χ3v) is 8.00. The number of benzene rings is 4. The van der Waals surface area contributed by atoms with Crippen molar-refractivity contribution in [2.24, 2.45) is 5.41 Å². The van der Waals surface area contributed by atoms with Crippen molar-refractivity contribution in [2.75, 3.05) is 14.2 Å². The molecule has 0 fully saturated rings. The predicted molar refractivity (Wildman–Crippen MR) is 134 cm³/mol. The summed E-state index contributed by atoms with van der Waals surface area (Å²) in [4.78, 5) is 27.5. The Labute approximate surface area is 204 Å². The highest BCUT2D eigenvalue weighted by Gasteiger charge is 2.62. The number of carbonyl (C=O) groups excluding carboxylic acids is 2. The fourth-order valence-corrected chi connectivity index (χ4v) is 6.59. The van der Waals surface area contributed by atoms with E-state index in [2.05, 4.69) is 48.5 Å². The van der Waals surface area contributed by atoms with Gasteiger partial charge in [-0.05, 0) is 50.9 Å². The van der Waals surface area contributed by atoms with Gasteiger partial charge >= 0.3 is 11.9 Å². The second-order valence-corrected chi connectivity index (χ2v) is 9.54. The van der Waals surface area contributed by atoms with Crippen LogP contribution in [0.2, 0.25) is 0 Å². The Morgan fingerprint density at radius 1 is 0.686 bits per heavy atom. The van der Waals surface area contributed by atoms with Crippen molar-refractivity contribution >= 4 is 22.7 Å². The molecule has 0 aromatic heterocycles. The quantitative estimate of drug-likeness (QED) is 0.279. The van der Waals surface area contributed by atoms with Crippen molar-refractivity contribution < 1.29 is 19.1 Å². The molecule has 0 spiro atoms. The van der Waals surface area contributed by atoms with Gasteiger partial charge in [-0.1, -0.05) is 91.0 Å². The van der Waals surface area contributed by atoms with Crippen LogP contribution in [-0.4, -0.2) is 26.2 Å². The van der Waals surface area contributed by atoms with Crippen LogP contribution in [0.4, 0.5) is 0 Å². The Morgan fingerprint density at radius 3 is 1.86 bits per heavy atom. The summed E-state index contributed by atoms with van der Waals surface area (Å²) in [7, 11) is 2.71. The van der Waals surface area contributed by atoms with Gasteiger partial charge < -0.3 is 9.47 Å². The maximum Gasteiger partial charge on any atom is 0.324 e. The first-order valence-electron chi connectivity index (χ1n) is 11.9. The molecule has 0 amide bonds. The van der Waals surface area contributed by atoms with Crippen LogP contribution in [0.5, 0.6) is 0 Å². The Morgan fingerprint density at radius 2 is 1.23 bits per heavy atom. The Hall–Kier alpha value is -3.92. The third-order valence-electron chi connectivity index (χ3n) is 8.00. The van der Waals surface area contributed by atoms with E-state index < -0.39 is 23.3 Å². The van der Waals surface area contributed by atoms with Gasteiger partial charge in [0, 0.05) is 11.8 Å². The minimum Gasteiger partial charge on any atom is -0.468 e. The van der Waals surface area contributed by atoms with Crippen molar-refractivity contribution in [3.8, 4) is 0 Å². The molecule has 0 N–H and O–H groups in total. The van der Waals surface area contributed by atoms with E-state index in [-0.39, 0.29) is 11.8 Å². The normalized spacial score (nSPS) is 21.5. The van der Waals surface area contributed by atoms with Crippen molar-refractivity contribution in [3.05, 3.63) is 119 Å². The van der Waals surface area contributed by atoms with Crippen LogP contribution in [-0.2, 0) is 19.1 Å². The molecule has 4 heteroatoms. The lowest BCUT2D eigenvalue weighted by atomic mass is 9.64. The lowest BCUT2D eigenvalue weighted by molar-refractivity contribution is -0.171. The van der Waals surface area contributed by atoms with Crippen LogP contribution in [0.3, 0.4) is 0 Å². The molecular weight excluding hydrogens is 436 g/mol. The fourth-order valence-electron chi connectivity index (χ4n) is 6.59. The van der Waals surface area contributed by atoms with Gasteiger partial charge in [-0.3, -0.25) is 9.59 Å². The van der Waals surface area contributed by atoms with Crippen molar-refractivity contribution in [1.82, 2.24) is 0 Å². The number of ether oxygens (including phenoxy) is 2. The number of rotatable bonds is 3. The number of hydrogen-bond donors (Lipinski definition) is 0. The van der Waals surface area contributed by atoms with Gasteiger partial charge in [-0.2, -0.15) is 0 Å². The van der Waals surface area contributed by atoms with Crippen LogP contribution in [0.25, 0.3) is 10.8 Å². The molecule has 7 rings (SSSR count). The van der Waals surface area contributed by atoms with Crippen LogP contribution >= 0.6 is 0 Å². The molecule has 174 valence electrons. The van der Waals surface area contributed by atoms with Crippen LogP contribution in [0.15, 0.2) is 91.0 Å². The van der Waals surface area contributed by atoms with Crippen molar-refractivity contribution in [1.29, 1.82) is 0 Å². The number of esters is 2. The number of hydrogen-bond acceptors (Lipinski definition) is 4. The van der Waals surface area contributed by atoms with E-state index in [0.29, 0.717) is 6.42 Å². The van der Waals surface area contributed by atoms with E-state index in [4.69, 9.17) is 9.47 Å². The lowest BCUT2D eigenvalue weighted by Crippen LogP contribution is -2.46. The summed E-state index contributed by atoms with van der Waals surface area (Å²) >= 11 is 0. The molecule has 0 heterocycles. The second kappa shape index (κ2) is 8.09. The molecule has 0 saturated carbocycles. The molecule has 3 unspecified atom stereocenters. The summed E-state index contributed by atoms with van der Waals surface area (Å²) in [5.41, 5.74) is 3.89. The van der Waals surface area contributed by atoms with Gasteiger partial charge in [-0.25, -0.2) is 0 Å². The monoisotopic (exact) mass is 462 g/mol. The van der Waals surface area contributed by atoms with Crippen LogP contribution in [0, 0.1) is 5.41 Å². The minimum absolute atomic E-state index is 0.0133. The molecule has 4 aromatic carbocycles. The SMILES string of the molecule is COC(=O)C1(C(=O)OC)CC(c2ccccc2)C2c3ccccc3C1c1cc3ccccc3cc12. The van der Waals surface area contributed by atoms with E-state index in [0.717, 1.165) is 38.6 Å². The molecule has 35 heavy (non-hydrogen) atoms. The molecule has 0 radical (unpaired) electrons. The van der Waals surface area contributed by atoms with E-state index in [9.17, 15) is 9.59 Å². The average Bonchev–Trinajstić information content (AvgIpc) is 3.13. The maximum absolute atomic E-state index is 13.8. The molecule has 0 aliphatic heterocycles. The summed E-state index contributed by atoms with van der Waals surface area (Å²) in [6, 6.07) is 31.1. The van der Waals surface area contributed by atoms with E-state index in [1.807, 2.05) is 42.5 Å². The van der Waals surface area contributed by atoms with Crippen molar-refractivity contribution in [3.63, 3.8) is 0 Å². The van der Waals surface area contributed by atoms with Gasteiger partial charge in [0.25, 0.3) is 0 Å². The van der Waals surface area contributed by atoms with Crippen LogP contribution in [0.1, 0.15) is 52.0 Å². The van der Waals surface area contributed by atoms with Gasteiger partial charge in [-0.15, -0.1) is 0 Å². The van der Waals surface area contributed by atoms with Crippen molar-refractivity contribution in [2.45, 2.75) is 24.2 Å². The average molecular weight is 463 g/mol. The zero-order valence-corrected chi connectivity index (χ0v) is 19.7. The first-order valence-corrected chi connectivity index (χ1v) is 11.9.